The number of ether oxygens (including phenoxy) is 5. The maximum Gasteiger partial charge on any atom is 0.483 e. The van der Waals surface area contributed by atoms with Gasteiger partial charge < -0.3 is 9.47 Å². The summed E-state index contributed by atoms with van der Waals surface area (Å²) in [4.78, 5) is 0. The van der Waals surface area contributed by atoms with E-state index in [0.29, 0.717) is 0 Å². The quantitative estimate of drug-likeness (QED) is 0.282. The van der Waals surface area contributed by atoms with Crippen molar-refractivity contribution in [3.63, 3.8) is 0 Å². The molecule has 0 N–H and O–H groups in total. The monoisotopic (exact) mass is 546 g/mol. The van der Waals surface area contributed by atoms with E-state index in [0.717, 1.165) is 0 Å². The number of rotatable bonds is 13. The second-order valence-electron chi connectivity index (χ2n) is 6.86. The summed E-state index contributed by atoms with van der Waals surface area (Å²) in [5, 5.41) is 0. The van der Waals surface area contributed by atoms with E-state index in [1.54, 1.807) is 11.7 Å². The Bertz CT molecular complexity index is 684. The lowest BCUT2D eigenvalue weighted by Gasteiger charge is -2.40. The van der Waals surface area contributed by atoms with Crippen LogP contribution in [0, 0.1) is 5.41 Å². The van der Waals surface area contributed by atoms with Crippen molar-refractivity contribution < 1.29 is 89.5 Å². The third-order valence-electron chi connectivity index (χ3n) is 4.04. The van der Waals surface area contributed by atoms with Crippen LogP contribution in [0.3, 0.4) is 0 Å². The van der Waals surface area contributed by atoms with Crippen LogP contribution in [0.4, 0.5) is 65.9 Å². The second kappa shape index (κ2) is 9.32. The predicted molar refractivity (Wildman–Crippen MR) is 73.4 cm³/mol. The Balaban J connectivity index is 2.90. The fourth-order valence-corrected chi connectivity index (χ4v) is 2.00. The maximum atomic E-state index is 13.4. The zero-order valence-corrected chi connectivity index (χ0v) is 16.2. The molecule has 20 heteroatoms. The van der Waals surface area contributed by atoms with E-state index < -0.39 is 61.5 Å². The van der Waals surface area contributed by atoms with Gasteiger partial charge >= 0.3 is 42.8 Å². The van der Waals surface area contributed by atoms with Gasteiger partial charge in [-0.3, -0.25) is 0 Å². The van der Waals surface area contributed by atoms with Gasteiger partial charge in [-0.05, 0) is 6.42 Å². The van der Waals surface area contributed by atoms with E-state index in [-0.39, 0.29) is 19.6 Å². The van der Waals surface area contributed by atoms with Crippen molar-refractivity contribution in [2.24, 2.45) is 5.41 Å². The van der Waals surface area contributed by atoms with Gasteiger partial charge in [-0.1, -0.05) is 6.92 Å². The largest absolute Gasteiger partial charge is 0.483 e. The molecule has 0 radical (unpaired) electrons. The minimum atomic E-state index is -7.36. The van der Waals surface area contributed by atoms with Crippen LogP contribution in [0.25, 0.3) is 0 Å². The smallest absolute Gasteiger partial charge is 0.380 e. The molecule has 0 aromatic rings. The molecule has 0 bridgehead atoms. The van der Waals surface area contributed by atoms with Crippen molar-refractivity contribution >= 4 is 0 Å². The maximum absolute atomic E-state index is 13.4. The highest BCUT2D eigenvalue weighted by Crippen LogP contribution is 2.50. The standard InChI is InChI=1S/C14H13F15O5/c1-2-7(3-30-4-7)5-31-6-8(15,16)32-11(22,23)12(24,25)34-14(28,29)13(26,27)33-10(20,21)9(17,18)19/h2-6H2,1H3. The zero-order valence-electron chi connectivity index (χ0n) is 16.2. The summed E-state index contributed by atoms with van der Waals surface area (Å²) in [6.07, 6.45) is -48.1. The minimum Gasteiger partial charge on any atom is -0.380 e. The number of hydrogen-bond donors (Lipinski definition) is 0. The van der Waals surface area contributed by atoms with Crippen LogP contribution >= 0.6 is 0 Å². The molecule has 1 heterocycles. The Labute approximate surface area is 179 Å². The lowest BCUT2D eigenvalue weighted by molar-refractivity contribution is -0.567. The molecule has 1 aliphatic rings. The molecule has 0 saturated carbocycles. The summed E-state index contributed by atoms with van der Waals surface area (Å²) in [6, 6.07) is 0. The Kier molecular flexibility index (Phi) is 8.44. The van der Waals surface area contributed by atoms with Gasteiger partial charge in [0, 0.05) is 5.41 Å². The molecule has 5 nitrogen and oxygen atoms in total. The van der Waals surface area contributed by atoms with Crippen LogP contribution in [0.15, 0.2) is 0 Å². The molecular formula is C14H13F15O5. The van der Waals surface area contributed by atoms with Crippen molar-refractivity contribution in [3.05, 3.63) is 0 Å². The Morgan fingerprint density at radius 2 is 1.00 bits per heavy atom. The van der Waals surface area contributed by atoms with E-state index in [2.05, 4.69) is 9.47 Å². The molecule has 0 aromatic heterocycles. The summed E-state index contributed by atoms with van der Waals surface area (Å²) in [5.41, 5.74) is -0.822. The highest BCUT2D eigenvalue weighted by molar-refractivity contribution is 4.84. The van der Waals surface area contributed by atoms with Gasteiger partial charge in [-0.15, -0.1) is 0 Å². The predicted octanol–water partition coefficient (Wildman–Crippen LogP) is 5.60. The molecule has 1 rings (SSSR count). The molecule has 0 amide bonds. The van der Waals surface area contributed by atoms with Crippen LogP contribution < -0.4 is 0 Å². The minimum absolute atomic E-state index is 0.00323. The van der Waals surface area contributed by atoms with Crippen molar-refractivity contribution in [1.29, 1.82) is 0 Å². The van der Waals surface area contributed by atoms with Gasteiger partial charge in [0.2, 0.25) is 0 Å². The number of hydrogen-bond acceptors (Lipinski definition) is 5. The fraction of sp³-hybridized carbons (Fsp3) is 1.00. The van der Waals surface area contributed by atoms with Crippen molar-refractivity contribution in [1.82, 2.24) is 0 Å². The molecule has 0 aliphatic carbocycles. The second-order valence-corrected chi connectivity index (χ2v) is 6.86. The van der Waals surface area contributed by atoms with Gasteiger partial charge in [0.05, 0.1) is 19.8 Å². The molecule has 1 aliphatic heterocycles. The normalized spacial score (nSPS) is 18.7. The van der Waals surface area contributed by atoms with E-state index in [1.807, 2.05) is 0 Å². The number of halogens is 15. The van der Waals surface area contributed by atoms with E-state index >= 15 is 0 Å². The van der Waals surface area contributed by atoms with Gasteiger partial charge in [0.25, 0.3) is 0 Å². The summed E-state index contributed by atoms with van der Waals surface area (Å²) >= 11 is 0. The highest BCUT2D eigenvalue weighted by Gasteiger charge is 2.76. The van der Waals surface area contributed by atoms with E-state index in [9.17, 15) is 65.9 Å². The highest BCUT2D eigenvalue weighted by atomic mass is 19.4. The SMILES string of the molecule is CCC1(COCC(F)(F)OC(F)(F)C(F)(F)OC(F)(F)C(F)(F)OC(F)(F)C(F)(F)F)COC1. The number of alkyl halides is 15. The van der Waals surface area contributed by atoms with E-state index in [1.165, 1.54) is 4.74 Å². The van der Waals surface area contributed by atoms with Crippen LogP contribution in [-0.4, -0.2) is 69.3 Å². The lowest BCUT2D eigenvalue weighted by atomic mass is 9.84. The van der Waals surface area contributed by atoms with Gasteiger partial charge in [-0.2, -0.15) is 65.9 Å². The molecule has 0 unspecified atom stereocenters. The molecule has 1 fully saturated rings. The molecule has 1 saturated heterocycles. The average molecular weight is 546 g/mol. The first kappa shape index (κ1) is 30.8. The van der Waals surface area contributed by atoms with Gasteiger partial charge in [0.1, 0.15) is 6.61 Å². The summed E-state index contributed by atoms with van der Waals surface area (Å²) in [5.74, 6) is 0. The molecular weight excluding hydrogens is 533 g/mol. The first-order valence-electron chi connectivity index (χ1n) is 8.44. The third-order valence-corrected chi connectivity index (χ3v) is 4.04. The Morgan fingerprint density at radius 1 is 0.618 bits per heavy atom. The third kappa shape index (κ3) is 6.91. The van der Waals surface area contributed by atoms with Crippen molar-refractivity contribution in [2.75, 3.05) is 26.4 Å². The fourth-order valence-electron chi connectivity index (χ4n) is 2.00. The molecule has 0 atom stereocenters. The van der Waals surface area contributed by atoms with Crippen LogP contribution in [0.1, 0.15) is 13.3 Å². The topological polar surface area (TPSA) is 46.2 Å². The lowest BCUT2D eigenvalue weighted by Crippen LogP contribution is -2.59. The summed E-state index contributed by atoms with van der Waals surface area (Å²) < 4.78 is 207. The summed E-state index contributed by atoms with van der Waals surface area (Å²) in [7, 11) is 0. The van der Waals surface area contributed by atoms with Gasteiger partial charge in [-0.25, -0.2) is 14.2 Å². The molecule has 0 spiro atoms. The average Bonchev–Trinajstić information content (AvgIpc) is 2.53. The van der Waals surface area contributed by atoms with E-state index in [4.69, 9.17) is 4.74 Å². The Hall–Kier alpha value is -1.25. The van der Waals surface area contributed by atoms with Crippen LogP contribution in [0.5, 0.6) is 0 Å². The first-order valence-corrected chi connectivity index (χ1v) is 8.44. The zero-order chi connectivity index (χ0) is 27.1. The molecule has 34 heavy (non-hydrogen) atoms. The Morgan fingerprint density at radius 3 is 1.32 bits per heavy atom. The van der Waals surface area contributed by atoms with Gasteiger partial charge in [0.15, 0.2) is 0 Å². The van der Waals surface area contributed by atoms with Crippen LogP contribution in [0.2, 0.25) is 0 Å². The molecule has 0 aromatic carbocycles. The van der Waals surface area contributed by atoms with Crippen LogP contribution in [-0.2, 0) is 23.7 Å². The van der Waals surface area contributed by atoms with Crippen molar-refractivity contribution in [2.45, 2.75) is 56.2 Å². The van der Waals surface area contributed by atoms with Crippen molar-refractivity contribution in [3.8, 4) is 0 Å². The summed E-state index contributed by atoms with van der Waals surface area (Å²) in [6.45, 7) is -1.23. The molecule has 204 valence electrons. The first-order chi connectivity index (χ1) is 14.8.